The lowest BCUT2D eigenvalue weighted by atomic mass is 9.99. The largest absolute Gasteiger partial charge is 0.450 e. The summed E-state index contributed by atoms with van der Waals surface area (Å²) in [6.07, 6.45) is 1.58. The molecule has 0 unspecified atom stereocenters. The number of likely N-dealkylation sites (tertiary alicyclic amines) is 1. The number of amides is 1. The molecule has 7 nitrogen and oxygen atoms in total. The molecule has 2 rings (SSSR count). The average Bonchev–Trinajstić information content (AvgIpc) is 2.91. The molecule has 1 aromatic rings. The molecule has 1 N–H and O–H groups in total. The topological polar surface area (TPSA) is 80.5 Å². The van der Waals surface area contributed by atoms with Crippen LogP contribution in [0.3, 0.4) is 0 Å². The monoisotopic (exact) mass is 310 g/mol. The van der Waals surface area contributed by atoms with E-state index in [0.717, 1.165) is 12.8 Å². The molecule has 1 atom stereocenters. The van der Waals surface area contributed by atoms with E-state index in [1.807, 2.05) is 13.8 Å². The SMILES string of the molecule is CCOC(=O)N1CCC(N[C@H](c2nc(C)no2)C(C)C)CC1. The Kier molecular flexibility index (Phi) is 5.76. The molecule has 2 heterocycles. The lowest BCUT2D eigenvalue weighted by molar-refractivity contribution is 0.0927. The third-order valence-corrected chi connectivity index (χ3v) is 3.91. The first-order chi connectivity index (χ1) is 10.5. The van der Waals surface area contributed by atoms with E-state index in [9.17, 15) is 4.79 Å². The molecule has 0 aliphatic carbocycles. The minimum atomic E-state index is -0.214. The van der Waals surface area contributed by atoms with Crippen LogP contribution >= 0.6 is 0 Å². The van der Waals surface area contributed by atoms with Crippen LogP contribution in [0.1, 0.15) is 51.4 Å². The minimum Gasteiger partial charge on any atom is -0.450 e. The lowest BCUT2D eigenvalue weighted by Crippen LogP contribution is -2.46. The summed E-state index contributed by atoms with van der Waals surface area (Å²) < 4.78 is 10.4. The molecule has 1 amide bonds. The summed E-state index contributed by atoms with van der Waals surface area (Å²) in [4.78, 5) is 17.8. The van der Waals surface area contributed by atoms with Crippen molar-refractivity contribution in [3.8, 4) is 0 Å². The molecule has 1 aliphatic rings. The summed E-state index contributed by atoms with van der Waals surface area (Å²) in [7, 11) is 0. The number of piperidine rings is 1. The van der Waals surface area contributed by atoms with Gasteiger partial charge in [0.25, 0.3) is 0 Å². The van der Waals surface area contributed by atoms with E-state index < -0.39 is 0 Å². The molecular formula is C15H26N4O3. The van der Waals surface area contributed by atoms with Crippen LogP contribution in [0.15, 0.2) is 4.52 Å². The highest BCUT2D eigenvalue weighted by Crippen LogP contribution is 2.23. The van der Waals surface area contributed by atoms with Crippen molar-refractivity contribution in [2.45, 2.75) is 52.6 Å². The Bertz CT molecular complexity index is 481. The molecule has 0 radical (unpaired) electrons. The van der Waals surface area contributed by atoms with Crippen molar-refractivity contribution < 1.29 is 14.1 Å². The second kappa shape index (κ2) is 7.58. The van der Waals surface area contributed by atoms with E-state index in [1.54, 1.807) is 4.90 Å². The van der Waals surface area contributed by atoms with Crippen LogP contribution < -0.4 is 5.32 Å². The molecule has 0 bridgehead atoms. The first-order valence-electron chi connectivity index (χ1n) is 7.99. The molecule has 1 aromatic heterocycles. The van der Waals surface area contributed by atoms with Gasteiger partial charge in [-0.3, -0.25) is 0 Å². The molecule has 1 saturated heterocycles. The highest BCUT2D eigenvalue weighted by Gasteiger charge is 2.29. The van der Waals surface area contributed by atoms with E-state index >= 15 is 0 Å². The average molecular weight is 310 g/mol. The summed E-state index contributed by atoms with van der Waals surface area (Å²) in [5, 5.41) is 7.47. The Morgan fingerprint density at radius 2 is 2.14 bits per heavy atom. The van der Waals surface area contributed by atoms with Crippen molar-refractivity contribution in [2.75, 3.05) is 19.7 Å². The Balaban J connectivity index is 1.89. The van der Waals surface area contributed by atoms with Crippen LogP contribution in [-0.2, 0) is 4.74 Å². The standard InChI is InChI=1S/C15H26N4O3/c1-5-21-15(20)19-8-6-12(7-9-19)17-13(10(2)3)14-16-11(4)18-22-14/h10,12-13,17H,5-9H2,1-4H3/t13-/m0/s1. The van der Waals surface area contributed by atoms with Crippen molar-refractivity contribution in [1.82, 2.24) is 20.4 Å². The van der Waals surface area contributed by atoms with Crippen molar-refractivity contribution in [3.63, 3.8) is 0 Å². The Morgan fingerprint density at radius 1 is 1.45 bits per heavy atom. The molecule has 0 saturated carbocycles. The second-order valence-corrected chi connectivity index (χ2v) is 6.03. The first-order valence-corrected chi connectivity index (χ1v) is 7.99. The van der Waals surface area contributed by atoms with Gasteiger partial charge in [0.05, 0.1) is 12.6 Å². The van der Waals surface area contributed by atoms with Gasteiger partial charge in [-0.25, -0.2) is 4.79 Å². The fourth-order valence-electron chi connectivity index (χ4n) is 2.69. The summed E-state index contributed by atoms with van der Waals surface area (Å²) in [5.41, 5.74) is 0. The number of carbonyl (C=O) groups is 1. The van der Waals surface area contributed by atoms with Crippen molar-refractivity contribution >= 4 is 6.09 Å². The van der Waals surface area contributed by atoms with E-state index in [1.165, 1.54) is 0 Å². The van der Waals surface area contributed by atoms with Crippen molar-refractivity contribution in [1.29, 1.82) is 0 Å². The number of carbonyl (C=O) groups excluding carboxylic acids is 1. The number of ether oxygens (including phenoxy) is 1. The summed E-state index contributed by atoms with van der Waals surface area (Å²) in [6, 6.07) is 0.380. The number of nitrogens with zero attached hydrogens (tertiary/aromatic N) is 3. The van der Waals surface area contributed by atoms with Gasteiger partial charge in [-0.2, -0.15) is 4.98 Å². The molecular weight excluding hydrogens is 284 g/mol. The second-order valence-electron chi connectivity index (χ2n) is 6.03. The van der Waals surface area contributed by atoms with Gasteiger partial charge in [-0.15, -0.1) is 0 Å². The highest BCUT2D eigenvalue weighted by molar-refractivity contribution is 5.67. The molecule has 1 fully saturated rings. The molecule has 0 spiro atoms. The quantitative estimate of drug-likeness (QED) is 0.898. The zero-order valence-electron chi connectivity index (χ0n) is 13.8. The summed E-state index contributed by atoms with van der Waals surface area (Å²) >= 11 is 0. The Labute approximate surface area is 131 Å². The van der Waals surface area contributed by atoms with Gasteiger partial charge < -0.3 is 19.5 Å². The zero-order chi connectivity index (χ0) is 16.1. The predicted molar refractivity (Wildman–Crippen MR) is 81.4 cm³/mol. The first kappa shape index (κ1) is 16.7. The van der Waals surface area contributed by atoms with Crippen molar-refractivity contribution in [3.05, 3.63) is 11.7 Å². The third kappa shape index (κ3) is 4.19. The van der Waals surface area contributed by atoms with Crippen LogP contribution in [0.5, 0.6) is 0 Å². The highest BCUT2D eigenvalue weighted by atomic mass is 16.6. The smallest absolute Gasteiger partial charge is 0.409 e. The minimum absolute atomic E-state index is 0.0420. The number of rotatable bonds is 5. The van der Waals surface area contributed by atoms with Gasteiger partial charge in [-0.05, 0) is 32.6 Å². The summed E-state index contributed by atoms with van der Waals surface area (Å²) in [5.74, 6) is 1.64. The van der Waals surface area contributed by atoms with E-state index in [2.05, 4.69) is 29.3 Å². The molecule has 1 aliphatic heterocycles. The fourth-order valence-corrected chi connectivity index (χ4v) is 2.69. The maximum Gasteiger partial charge on any atom is 0.409 e. The van der Waals surface area contributed by atoms with Crippen molar-refractivity contribution in [2.24, 2.45) is 5.92 Å². The van der Waals surface area contributed by atoms with E-state index in [-0.39, 0.29) is 12.1 Å². The van der Waals surface area contributed by atoms with Gasteiger partial charge >= 0.3 is 6.09 Å². The number of aromatic nitrogens is 2. The number of hydrogen-bond acceptors (Lipinski definition) is 6. The normalized spacial score (nSPS) is 17.8. The number of nitrogens with one attached hydrogen (secondary N) is 1. The van der Waals surface area contributed by atoms with E-state index in [4.69, 9.17) is 9.26 Å². The zero-order valence-corrected chi connectivity index (χ0v) is 13.8. The maximum absolute atomic E-state index is 11.7. The maximum atomic E-state index is 11.7. The summed E-state index contributed by atoms with van der Waals surface area (Å²) in [6.45, 7) is 9.75. The number of hydrogen-bond donors (Lipinski definition) is 1. The lowest BCUT2D eigenvalue weighted by Gasteiger charge is -2.34. The number of aryl methyl sites for hydroxylation is 1. The fraction of sp³-hybridized carbons (Fsp3) is 0.800. The van der Waals surface area contributed by atoms with Gasteiger partial charge in [0, 0.05) is 19.1 Å². The van der Waals surface area contributed by atoms with Crippen LogP contribution in [0.2, 0.25) is 0 Å². The van der Waals surface area contributed by atoms with Gasteiger partial charge in [0.1, 0.15) is 0 Å². The van der Waals surface area contributed by atoms with Gasteiger partial charge in [-0.1, -0.05) is 19.0 Å². The third-order valence-electron chi connectivity index (χ3n) is 3.91. The molecule has 124 valence electrons. The molecule has 7 heteroatoms. The van der Waals surface area contributed by atoms with Crippen LogP contribution in [0.4, 0.5) is 4.79 Å². The Hall–Kier alpha value is -1.63. The van der Waals surface area contributed by atoms with Gasteiger partial charge in [0.15, 0.2) is 5.82 Å². The van der Waals surface area contributed by atoms with Crippen LogP contribution in [-0.4, -0.2) is 46.9 Å². The van der Waals surface area contributed by atoms with E-state index in [0.29, 0.717) is 43.4 Å². The predicted octanol–water partition coefficient (Wildman–Crippen LogP) is 2.29. The van der Waals surface area contributed by atoms with Crippen LogP contribution in [0, 0.1) is 12.8 Å². The van der Waals surface area contributed by atoms with Gasteiger partial charge in [0.2, 0.25) is 5.89 Å². The van der Waals surface area contributed by atoms with Crippen LogP contribution in [0.25, 0.3) is 0 Å². The molecule has 22 heavy (non-hydrogen) atoms. The molecule has 0 aromatic carbocycles. The Morgan fingerprint density at radius 3 is 2.64 bits per heavy atom.